The van der Waals surface area contributed by atoms with Crippen LogP contribution in [0.5, 0.6) is 0 Å². The van der Waals surface area contributed by atoms with E-state index in [1.165, 1.54) is 52.4 Å². The number of rotatable bonds is 24. The third-order valence-corrected chi connectivity index (χ3v) is 12.3. The molecule has 0 rings (SSSR count). The van der Waals surface area contributed by atoms with Crippen LogP contribution in [0.25, 0.3) is 0 Å². The molecule has 0 spiro atoms. The van der Waals surface area contributed by atoms with E-state index in [9.17, 15) is 9.59 Å². The first-order valence-corrected chi connectivity index (χ1v) is 18.8. The molecule has 0 N–H and O–H groups in total. The van der Waals surface area contributed by atoms with Gasteiger partial charge in [-0.3, -0.25) is 0 Å². The number of esters is 1. The second-order valence-electron chi connectivity index (χ2n) is 9.06. The van der Waals surface area contributed by atoms with Gasteiger partial charge < -0.3 is 0 Å². The van der Waals surface area contributed by atoms with Crippen molar-refractivity contribution in [2.45, 2.75) is 125 Å². The third-order valence-electron chi connectivity index (χ3n) is 5.63. The Morgan fingerprint density at radius 1 is 0.722 bits per heavy atom. The van der Waals surface area contributed by atoms with Crippen molar-refractivity contribution in [2.75, 3.05) is 19.8 Å². The van der Waals surface area contributed by atoms with Crippen LogP contribution in [0.4, 0.5) is 4.79 Å². The van der Waals surface area contributed by atoms with Crippen LogP contribution in [-0.2, 0) is 37.4 Å². The minimum atomic E-state index is -0.706. The van der Waals surface area contributed by atoms with Crippen LogP contribution in [0.1, 0.15) is 111 Å². The van der Waals surface area contributed by atoms with Crippen molar-refractivity contribution in [2.24, 2.45) is 5.92 Å². The van der Waals surface area contributed by atoms with Gasteiger partial charge in [0.15, 0.2) is 0 Å². The standard InChI is InChI=1S/C26H45O5.2C2H5.Au/c1-4-6-7-8-9-10-11-12-13-14-15-16-17-18-19-20-25(27)30-22-24(3)23-31-26(28)29-21-5-2;2*1-2;/h9-10,12-13,24H,2,4-8,11,14-23H2,1,3H3;2*1H2,2H3;/b10-9-,13-12-;;;. The van der Waals surface area contributed by atoms with Gasteiger partial charge in [0.1, 0.15) is 0 Å². The van der Waals surface area contributed by atoms with Crippen LogP contribution in [0.15, 0.2) is 24.3 Å². The van der Waals surface area contributed by atoms with Gasteiger partial charge in [-0.15, -0.1) is 0 Å². The summed E-state index contributed by atoms with van der Waals surface area (Å²) < 4.78 is 19.4. The SMILES string of the molecule is CCCCC/C=C\C/C=C\CCCCCCCC(=O)OCC(C)COC(=O)OCC[CH2][Au]([CH2]C)[CH2]C. The summed E-state index contributed by atoms with van der Waals surface area (Å²) in [5.41, 5.74) is 0. The van der Waals surface area contributed by atoms with Crippen LogP contribution in [0, 0.1) is 5.92 Å². The van der Waals surface area contributed by atoms with Crippen molar-refractivity contribution in [3.63, 3.8) is 0 Å². The fraction of sp³-hybridized carbons (Fsp3) is 0.800. The predicted molar refractivity (Wildman–Crippen MR) is 147 cm³/mol. The minimum absolute atomic E-state index is 0.0384. The molecule has 0 aromatic carbocycles. The number of ether oxygens (including phenoxy) is 3. The zero-order chi connectivity index (χ0) is 26.7. The van der Waals surface area contributed by atoms with E-state index in [1.54, 1.807) is 0 Å². The van der Waals surface area contributed by atoms with E-state index < -0.39 is 24.6 Å². The first-order valence-electron chi connectivity index (χ1n) is 14.2. The van der Waals surface area contributed by atoms with E-state index in [2.05, 4.69) is 45.1 Å². The Kier molecular flexibility index (Phi) is 26.2. The van der Waals surface area contributed by atoms with Crippen molar-refractivity contribution in [1.29, 1.82) is 0 Å². The van der Waals surface area contributed by atoms with Crippen LogP contribution < -0.4 is 0 Å². The van der Waals surface area contributed by atoms with Gasteiger partial charge in [0.2, 0.25) is 0 Å². The monoisotopic (exact) mass is 692 g/mol. The zero-order valence-corrected chi connectivity index (χ0v) is 25.8. The summed E-state index contributed by atoms with van der Waals surface area (Å²) >= 11 is -0.706. The summed E-state index contributed by atoms with van der Waals surface area (Å²) in [5, 5.41) is 0. The van der Waals surface area contributed by atoms with Gasteiger partial charge in [-0.05, 0) is 38.5 Å². The molecule has 216 valence electrons. The van der Waals surface area contributed by atoms with Crippen LogP contribution >= 0.6 is 0 Å². The van der Waals surface area contributed by atoms with Gasteiger partial charge in [-0.1, -0.05) is 63.3 Å². The molecule has 0 heterocycles. The maximum atomic E-state index is 11.9. The number of carbonyl (C=O) groups excluding carboxylic acids is 2. The maximum absolute atomic E-state index is 11.9. The molecule has 0 saturated heterocycles. The van der Waals surface area contributed by atoms with Crippen molar-refractivity contribution < 1.29 is 42.2 Å². The quantitative estimate of drug-likeness (QED) is 0.0437. The van der Waals surface area contributed by atoms with E-state index in [4.69, 9.17) is 14.2 Å². The van der Waals surface area contributed by atoms with Crippen molar-refractivity contribution in [3.8, 4) is 0 Å². The fourth-order valence-electron chi connectivity index (χ4n) is 3.40. The van der Waals surface area contributed by atoms with Gasteiger partial charge in [0.25, 0.3) is 0 Å². The molecule has 0 fully saturated rings. The van der Waals surface area contributed by atoms with Gasteiger partial charge in [-0.2, -0.15) is 0 Å². The second kappa shape index (κ2) is 27.0. The Labute approximate surface area is 228 Å². The van der Waals surface area contributed by atoms with E-state index in [-0.39, 0.29) is 25.1 Å². The molecule has 5 nitrogen and oxygen atoms in total. The first-order chi connectivity index (χ1) is 17.5. The van der Waals surface area contributed by atoms with E-state index >= 15 is 0 Å². The molecule has 0 amide bonds. The fourth-order valence-corrected chi connectivity index (χ4v) is 7.41. The average Bonchev–Trinajstić information content (AvgIpc) is 2.88. The third kappa shape index (κ3) is 24.6. The summed E-state index contributed by atoms with van der Waals surface area (Å²) in [6, 6.07) is 0. The van der Waals surface area contributed by atoms with Gasteiger partial charge in [0.05, 0.1) is 0 Å². The Hall–Kier alpha value is -1.04. The normalized spacial score (nSPS) is 12.7. The number of hydrogen-bond donors (Lipinski definition) is 0. The van der Waals surface area contributed by atoms with E-state index in [0.29, 0.717) is 13.0 Å². The number of hydrogen-bond acceptors (Lipinski definition) is 5. The Balaban J connectivity index is 3.54. The summed E-state index contributed by atoms with van der Waals surface area (Å²) in [6.45, 7) is 9.56. The summed E-state index contributed by atoms with van der Waals surface area (Å²) in [5.74, 6) is -0.204. The number of carbonyl (C=O) groups is 2. The second-order valence-corrected chi connectivity index (χ2v) is 16.5. The molecule has 0 aliphatic carbocycles. The van der Waals surface area contributed by atoms with Crippen molar-refractivity contribution >= 4 is 12.1 Å². The molecule has 36 heavy (non-hydrogen) atoms. The number of allylic oxidation sites excluding steroid dienone is 4. The molecule has 0 aromatic rings. The Morgan fingerprint density at radius 2 is 1.33 bits per heavy atom. The van der Waals surface area contributed by atoms with Crippen LogP contribution in [-0.4, -0.2) is 31.9 Å². The summed E-state index contributed by atoms with van der Waals surface area (Å²) in [4.78, 5) is 23.6. The van der Waals surface area contributed by atoms with Gasteiger partial charge in [-0.25, -0.2) is 0 Å². The zero-order valence-electron chi connectivity index (χ0n) is 23.7. The molecule has 0 aliphatic rings. The summed E-state index contributed by atoms with van der Waals surface area (Å²) in [7, 11) is 0. The summed E-state index contributed by atoms with van der Waals surface area (Å²) in [6.07, 6.45) is 22.7. The number of unbranched alkanes of at least 4 members (excludes halogenated alkanes) is 8. The van der Waals surface area contributed by atoms with Gasteiger partial charge in [0, 0.05) is 0 Å². The van der Waals surface area contributed by atoms with Crippen molar-refractivity contribution in [3.05, 3.63) is 24.3 Å². The first kappa shape index (κ1) is 35.0. The Morgan fingerprint density at radius 3 is 2.00 bits per heavy atom. The molecule has 1 atom stereocenters. The Bertz CT molecular complexity index is 572. The molecule has 0 aromatic heterocycles. The topological polar surface area (TPSA) is 61.8 Å². The molecule has 0 bridgehead atoms. The molecule has 0 radical (unpaired) electrons. The average molecular weight is 693 g/mol. The van der Waals surface area contributed by atoms with Crippen LogP contribution in [0.2, 0.25) is 13.9 Å². The molecule has 6 heteroatoms. The molecule has 0 saturated carbocycles. The van der Waals surface area contributed by atoms with E-state index in [1.807, 2.05) is 6.92 Å². The van der Waals surface area contributed by atoms with Crippen molar-refractivity contribution in [1.82, 2.24) is 0 Å². The molecule has 0 aliphatic heterocycles. The van der Waals surface area contributed by atoms with Crippen LogP contribution in [0.3, 0.4) is 0 Å². The van der Waals surface area contributed by atoms with Gasteiger partial charge >= 0.3 is 128 Å². The molecular formula is C30H55AuO5. The molecule has 1 unspecified atom stereocenters. The molecular weight excluding hydrogens is 637 g/mol. The predicted octanol–water partition coefficient (Wildman–Crippen LogP) is 9.44. The van der Waals surface area contributed by atoms with E-state index in [0.717, 1.165) is 38.5 Å².